The standard InChI is InChI=1S/C16H19N3O2S/c1-10(2)14-9-22-16(18-14)19-15(21)8-12-4-6-13(7-5-12)17-11(3)20/h4-7,9-10H,8H2,1-3H3,(H,17,20)(H,18,19,21). The third-order valence-electron chi connectivity index (χ3n) is 3.00. The van der Waals surface area contributed by atoms with Gasteiger partial charge in [0.2, 0.25) is 11.8 Å². The zero-order valence-electron chi connectivity index (χ0n) is 12.8. The quantitative estimate of drug-likeness (QED) is 0.888. The van der Waals surface area contributed by atoms with Gasteiger partial charge in [0.25, 0.3) is 0 Å². The van der Waals surface area contributed by atoms with Gasteiger partial charge in [0.05, 0.1) is 12.1 Å². The molecule has 0 fully saturated rings. The molecule has 0 aliphatic carbocycles. The first kappa shape index (κ1) is 16.2. The van der Waals surface area contributed by atoms with Crippen LogP contribution in [0.2, 0.25) is 0 Å². The van der Waals surface area contributed by atoms with E-state index < -0.39 is 0 Å². The SMILES string of the molecule is CC(=O)Nc1ccc(CC(=O)Nc2nc(C(C)C)cs2)cc1. The second kappa shape index (κ2) is 7.17. The van der Waals surface area contributed by atoms with Gasteiger partial charge < -0.3 is 10.6 Å². The molecule has 0 aliphatic heterocycles. The predicted octanol–water partition coefficient (Wildman–Crippen LogP) is 3.41. The summed E-state index contributed by atoms with van der Waals surface area (Å²) in [7, 11) is 0. The molecule has 2 aromatic rings. The number of aromatic nitrogens is 1. The maximum absolute atomic E-state index is 12.0. The molecule has 0 spiro atoms. The number of hydrogen-bond acceptors (Lipinski definition) is 4. The van der Waals surface area contributed by atoms with Crippen LogP contribution < -0.4 is 10.6 Å². The van der Waals surface area contributed by atoms with Crippen molar-refractivity contribution >= 4 is 34.0 Å². The lowest BCUT2D eigenvalue weighted by molar-refractivity contribution is -0.116. The molecule has 2 rings (SSSR count). The van der Waals surface area contributed by atoms with E-state index in [1.807, 2.05) is 17.5 Å². The maximum atomic E-state index is 12.0. The number of nitrogens with zero attached hydrogens (tertiary/aromatic N) is 1. The minimum atomic E-state index is -0.116. The van der Waals surface area contributed by atoms with E-state index >= 15 is 0 Å². The van der Waals surface area contributed by atoms with Gasteiger partial charge >= 0.3 is 0 Å². The monoisotopic (exact) mass is 317 g/mol. The minimum absolute atomic E-state index is 0.100. The molecule has 0 aliphatic rings. The number of nitrogens with one attached hydrogen (secondary N) is 2. The predicted molar refractivity (Wildman–Crippen MR) is 89.3 cm³/mol. The number of benzene rings is 1. The highest BCUT2D eigenvalue weighted by Gasteiger charge is 2.09. The first-order valence-electron chi connectivity index (χ1n) is 7.06. The molecule has 0 saturated carbocycles. The Morgan fingerprint density at radius 2 is 1.86 bits per heavy atom. The second-order valence-electron chi connectivity index (χ2n) is 5.34. The smallest absolute Gasteiger partial charge is 0.230 e. The molecule has 0 radical (unpaired) electrons. The van der Waals surface area contributed by atoms with Gasteiger partial charge in [0.1, 0.15) is 0 Å². The number of rotatable bonds is 5. The van der Waals surface area contributed by atoms with Crippen molar-refractivity contribution in [2.45, 2.75) is 33.1 Å². The van der Waals surface area contributed by atoms with E-state index in [4.69, 9.17) is 0 Å². The summed E-state index contributed by atoms with van der Waals surface area (Å²) >= 11 is 1.44. The van der Waals surface area contributed by atoms with E-state index in [2.05, 4.69) is 29.5 Å². The molecule has 0 atom stereocenters. The van der Waals surface area contributed by atoms with E-state index in [1.165, 1.54) is 18.3 Å². The fraction of sp³-hybridized carbons (Fsp3) is 0.312. The van der Waals surface area contributed by atoms with Crippen LogP contribution in [0.5, 0.6) is 0 Å². The number of anilines is 2. The molecule has 22 heavy (non-hydrogen) atoms. The third kappa shape index (κ3) is 4.66. The summed E-state index contributed by atoms with van der Waals surface area (Å²) < 4.78 is 0. The molecule has 6 heteroatoms. The van der Waals surface area contributed by atoms with Crippen LogP contribution in [0.3, 0.4) is 0 Å². The Morgan fingerprint density at radius 1 is 1.18 bits per heavy atom. The molecular weight excluding hydrogens is 298 g/mol. The molecule has 5 nitrogen and oxygen atoms in total. The maximum Gasteiger partial charge on any atom is 0.230 e. The van der Waals surface area contributed by atoms with E-state index in [1.54, 1.807) is 12.1 Å². The Hall–Kier alpha value is -2.21. The fourth-order valence-electron chi connectivity index (χ4n) is 1.87. The normalized spacial score (nSPS) is 10.5. The van der Waals surface area contributed by atoms with Crippen LogP contribution in [0.1, 0.15) is 37.9 Å². The molecular formula is C16H19N3O2S. The average Bonchev–Trinajstić information content (AvgIpc) is 2.89. The molecule has 1 aromatic carbocycles. The van der Waals surface area contributed by atoms with Crippen LogP contribution in [0.25, 0.3) is 0 Å². The fourth-order valence-corrected chi connectivity index (χ4v) is 2.75. The lowest BCUT2D eigenvalue weighted by atomic mass is 10.1. The number of thiazole rings is 1. The van der Waals surface area contributed by atoms with Crippen LogP contribution in [0, 0.1) is 0 Å². The van der Waals surface area contributed by atoms with Crippen LogP contribution in [0.4, 0.5) is 10.8 Å². The highest BCUT2D eigenvalue weighted by Crippen LogP contribution is 2.21. The number of hydrogen-bond donors (Lipinski definition) is 2. The van der Waals surface area contributed by atoms with Crippen molar-refractivity contribution < 1.29 is 9.59 Å². The van der Waals surface area contributed by atoms with Crippen molar-refractivity contribution in [1.29, 1.82) is 0 Å². The lowest BCUT2D eigenvalue weighted by Gasteiger charge is -2.05. The Labute approximate surface area is 133 Å². The van der Waals surface area contributed by atoms with E-state index in [0.29, 0.717) is 11.0 Å². The van der Waals surface area contributed by atoms with Gasteiger partial charge in [-0.1, -0.05) is 26.0 Å². The third-order valence-corrected chi connectivity index (χ3v) is 3.77. The highest BCUT2D eigenvalue weighted by molar-refractivity contribution is 7.13. The van der Waals surface area contributed by atoms with Gasteiger partial charge in [-0.2, -0.15) is 0 Å². The van der Waals surface area contributed by atoms with Gasteiger partial charge in [-0.3, -0.25) is 9.59 Å². The van der Waals surface area contributed by atoms with Crippen LogP contribution >= 0.6 is 11.3 Å². The summed E-state index contributed by atoms with van der Waals surface area (Å²) in [5, 5.41) is 8.09. The van der Waals surface area contributed by atoms with Crippen molar-refractivity contribution in [2.75, 3.05) is 10.6 Å². The van der Waals surface area contributed by atoms with E-state index in [0.717, 1.165) is 16.9 Å². The molecule has 1 heterocycles. The van der Waals surface area contributed by atoms with Crippen LogP contribution in [-0.4, -0.2) is 16.8 Å². The summed E-state index contributed by atoms with van der Waals surface area (Å²) in [5.41, 5.74) is 2.59. The summed E-state index contributed by atoms with van der Waals surface area (Å²) in [6, 6.07) is 7.22. The Morgan fingerprint density at radius 3 is 2.41 bits per heavy atom. The van der Waals surface area contributed by atoms with Gasteiger partial charge in [-0.25, -0.2) is 4.98 Å². The zero-order valence-corrected chi connectivity index (χ0v) is 13.7. The largest absolute Gasteiger partial charge is 0.326 e. The minimum Gasteiger partial charge on any atom is -0.326 e. The number of carbonyl (C=O) groups excluding carboxylic acids is 2. The van der Waals surface area contributed by atoms with Crippen molar-refractivity contribution in [2.24, 2.45) is 0 Å². The van der Waals surface area contributed by atoms with Crippen molar-refractivity contribution in [3.63, 3.8) is 0 Å². The Kier molecular flexibility index (Phi) is 5.27. The first-order valence-corrected chi connectivity index (χ1v) is 7.94. The average molecular weight is 317 g/mol. The Bertz CT molecular complexity index is 662. The molecule has 116 valence electrons. The number of amides is 2. The number of carbonyl (C=O) groups is 2. The molecule has 0 saturated heterocycles. The summed E-state index contributed by atoms with van der Waals surface area (Å²) in [4.78, 5) is 27.3. The molecule has 1 aromatic heterocycles. The van der Waals surface area contributed by atoms with Crippen LogP contribution in [0.15, 0.2) is 29.6 Å². The molecule has 0 unspecified atom stereocenters. The molecule has 2 amide bonds. The zero-order chi connectivity index (χ0) is 16.1. The van der Waals surface area contributed by atoms with Crippen LogP contribution in [-0.2, 0) is 16.0 Å². The topological polar surface area (TPSA) is 71.1 Å². The van der Waals surface area contributed by atoms with Crippen molar-refractivity contribution in [3.8, 4) is 0 Å². The summed E-state index contributed by atoms with van der Waals surface area (Å²) in [5.74, 6) is 0.135. The van der Waals surface area contributed by atoms with E-state index in [-0.39, 0.29) is 18.2 Å². The van der Waals surface area contributed by atoms with Gasteiger partial charge in [-0.05, 0) is 23.6 Å². The summed E-state index contributed by atoms with van der Waals surface area (Å²) in [6.45, 7) is 5.59. The lowest BCUT2D eigenvalue weighted by Crippen LogP contribution is -2.14. The van der Waals surface area contributed by atoms with Gasteiger partial charge in [0, 0.05) is 18.0 Å². The van der Waals surface area contributed by atoms with Gasteiger partial charge in [-0.15, -0.1) is 11.3 Å². The molecule has 2 N–H and O–H groups in total. The van der Waals surface area contributed by atoms with Gasteiger partial charge in [0.15, 0.2) is 5.13 Å². The summed E-state index contributed by atoms with van der Waals surface area (Å²) in [6.07, 6.45) is 0.275. The Balaban J connectivity index is 1.92. The van der Waals surface area contributed by atoms with Crippen molar-refractivity contribution in [1.82, 2.24) is 4.98 Å². The first-order chi connectivity index (χ1) is 10.4. The van der Waals surface area contributed by atoms with Crippen molar-refractivity contribution in [3.05, 3.63) is 40.9 Å². The second-order valence-corrected chi connectivity index (χ2v) is 6.19. The molecule has 0 bridgehead atoms. The van der Waals surface area contributed by atoms with E-state index in [9.17, 15) is 9.59 Å². The highest BCUT2D eigenvalue weighted by atomic mass is 32.1.